The molecule has 0 aromatic heterocycles. The standard InChI is InChI=1S/C13H19NO4S/c1-10(16)11-6-5-7-12(8-11)19(17,18)14(4)13(2,3)9-15/h5-8,15H,9H2,1-4H3. The summed E-state index contributed by atoms with van der Waals surface area (Å²) in [5.74, 6) is -0.193. The quantitative estimate of drug-likeness (QED) is 0.827. The Labute approximate surface area is 113 Å². The highest BCUT2D eigenvalue weighted by Crippen LogP contribution is 2.23. The molecule has 0 aliphatic rings. The zero-order valence-electron chi connectivity index (χ0n) is 11.5. The van der Waals surface area contributed by atoms with Gasteiger partial charge in [0.05, 0.1) is 17.0 Å². The first-order chi connectivity index (χ1) is 8.63. The zero-order valence-corrected chi connectivity index (χ0v) is 12.4. The van der Waals surface area contributed by atoms with Crippen molar-refractivity contribution in [3.63, 3.8) is 0 Å². The third-order valence-corrected chi connectivity index (χ3v) is 5.20. The highest BCUT2D eigenvalue weighted by molar-refractivity contribution is 7.89. The van der Waals surface area contributed by atoms with Crippen LogP contribution in [0.1, 0.15) is 31.1 Å². The molecule has 1 rings (SSSR count). The van der Waals surface area contributed by atoms with Crippen LogP contribution < -0.4 is 0 Å². The van der Waals surface area contributed by atoms with Gasteiger partial charge < -0.3 is 5.11 Å². The van der Waals surface area contributed by atoms with Gasteiger partial charge in [0.1, 0.15) is 0 Å². The highest BCUT2D eigenvalue weighted by atomic mass is 32.2. The van der Waals surface area contributed by atoms with Crippen LogP contribution in [0.5, 0.6) is 0 Å². The van der Waals surface area contributed by atoms with Crippen LogP contribution in [0.4, 0.5) is 0 Å². The summed E-state index contributed by atoms with van der Waals surface area (Å²) in [7, 11) is -2.33. The summed E-state index contributed by atoms with van der Waals surface area (Å²) >= 11 is 0. The number of hydrogen-bond acceptors (Lipinski definition) is 4. The fourth-order valence-electron chi connectivity index (χ4n) is 1.46. The van der Waals surface area contributed by atoms with Crippen molar-refractivity contribution in [1.82, 2.24) is 4.31 Å². The fourth-order valence-corrected chi connectivity index (χ4v) is 3.01. The number of carbonyl (C=O) groups excluding carboxylic acids is 1. The summed E-state index contributed by atoms with van der Waals surface area (Å²) in [5.41, 5.74) is -0.568. The SMILES string of the molecule is CC(=O)c1cccc(S(=O)(=O)N(C)C(C)(C)CO)c1. The molecule has 6 heteroatoms. The Hall–Kier alpha value is -1.24. The maximum atomic E-state index is 12.4. The Bertz CT molecular complexity index is 578. The predicted octanol–water partition coefficient (Wildman–Crippen LogP) is 1.28. The number of hydrogen-bond donors (Lipinski definition) is 1. The van der Waals surface area contributed by atoms with E-state index in [0.29, 0.717) is 5.56 Å². The number of sulfonamides is 1. The lowest BCUT2D eigenvalue weighted by Gasteiger charge is -2.32. The molecule has 0 radical (unpaired) electrons. The number of likely N-dealkylation sites (N-methyl/N-ethyl adjacent to an activating group) is 1. The van der Waals surface area contributed by atoms with Gasteiger partial charge in [-0.1, -0.05) is 12.1 Å². The van der Waals surface area contributed by atoms with Crippen molar-refractivity contribution in [2.75, 3.05) is 13.7 Å². The Morgan fingerprint density at radius 1 is 1.37 bits per heavy atom. The largest absolute Gasteiger partial charge is 0.394 e. The molecule has 5 nitrogen and oxygen atoms in total. The van der Waals surface area contributed by atoms with Crippen molar-refractivity contribution in [2.24, 2.45) is 0 Å². The van der Waals surface area contributed by atoms with Gasteiger partial charge in [-0.15, -0.1) is 0 Å². The molecular formula is C13H19NO4S. The lowest BCUT2D eigenvalue weighted by molar-refractivity contribution is 0.101. The molecule has 0 spiro atoms. The van der Waals surface area contributed by atoms with E-state index in [0.717, 1.165) is 4.31 Å². The number of aliphatic hydroxyl groups is 1. The van der Waals surface area contributed by atoms with Gasteiger partial charge in [0.2, 0.25) is 10.0 Å². The van der Waals surface area contributed by atoms with Crippen LogP contribution in [0.3, 0.4) is 0 Å². The maximum Gasteiger partial charge on any atom is 0.243 e. The third-order valence-electron chi connectivity index (χ3n) is 3.14. The van der Waals surface area contributed by atoms with Gasteiger partial charge in [0, 0.05) is 12.6 Å². The van der Waals surface area contributed by atoms with Crippen LogP contribution >= 0.6 is 0 Å². The van der Waals surface area contributed by atoms with E-state index >= 15 is 0 Å². The van der Waals surface area contributed by atoms with E-state index in [2.05, 4.69) is 0 Å². The molecule has 1 aromatic rings. The van der Waals surface area contributed by atoms with Crippen LogP contribution in [-0.4, -0.2) is 42.8 Å². The van der Waals surface area contributed by atoms with E-state index in [4.69, 9.17) is 0 Å². The molecule has 0 atom stereocenters. The van der Waals surface area contributed by atoms with Gasteiger partial charge >= 0.3 is 0 Å². The van der Waals surface area contributed by atoms with E-state index in [9.17, 15) is 18.3 Å². The minimum atomic E-state index is -3.74. The number of Topliss-reactive ketones (excluding diaryl/α,β-unsaturated/α-hetero) is 1. The van der Waals surface area contributed by atoms with E-state index in [1.165, 1.54) is 32.2 Å². The van der Waals surface area contributed by atoms with E-state index in [1.54, 1.807) is 19.9 Å². The Morgan fingerprint density at radius 2 is 1.95 bits per heavy atom. The van der Waals surface area contributed by atoms with Gasteiger partial charge in [-0.25, -0.2) is 8.42 Å². The maximum absolute atomic E-state index is 12.4. The monoisotopic (exact) mass is 285 g/mol. The molecule has 0 aliphatic carbocycles. The highest BCUT2D eigenvalue weighted by Gasteiger charge is 2.33. The van der Waals surface area contributed by atoms with Crippen molar-refractivity contribution in [3.05, 3.63) is 29.8 Å². The second-order valence-electron chi connectivity index (χ2n) is 5.03. The average molecular weight is 285 g/mol. The number of aliphatic hydroxyl groups excluding tert-OH is 1. The number of benzene rings is 1. The van der Waals surface area contributed by atoms with Gasteiger partial charge in [-0.05, 0) is 32.9 Å². The zero-order chi connectivity index (χ0) is 14.8. The lowest BCUT2D eigenvalue weighted by Crippen LogP contribution is -2.47. The van der Waals surface area contributed by atoms with Crippen molar-refractivity contribution in [1.29, 1.82) is 0 Å². The van der Waals surface area contributed by atoms with E-state index < -0.39 is 15.6 Å². The molecule has 19 heavy (non-hydrogen) atoms. The summed E-state index contributed by atoms with van der Waals surface area (Å²) < 4.78 is 25.9. The van der Waals surface area contributed by atoms with Gasteiger partial charge in [-0.3, -0.25) is 4.79 Å². The van der Waals surface area contributed by atoms with Crippen LogP contribution in [0.15, 0.2) is 29.2 Å². The Kier molecular flexibility index (Phi) is 4.50. The van der Waals surface area contributed by atoms with Gasteiger partial charge in [-0.2, -0.15) is 4.31 Å². The summed E-state index contributed by atoms with van der Waals surface area (Å²) in [6.07, 6.45) is 0. The Balaban J connectivity index is 3.28. The molecule has 0 aliphatic heterocycles. The smallest absolute Gasteiger partial charge is 0.243 e. The lowest BCUT2D eigenvalue weighted by atomic mass is 10.1. The molecule has 0 saturated carbocycles. The second-order valence-corrected chi connectivity index (χ2v) is 7.00. The average Bonchev–Trinajstić information content (AvgIpc) is 2.37. The molecular weight excluding hydrogens is 266 g/mol. The molecule has 106 valence electrons. The number of carbonyl (C=O) groups is 1. The minimum absolute atomic E-state index is 0.0456. The van der Waals surface area contributed by atoms with Crippen molar-refractivity contribution in [2.45, 2.75) is 31.2 Å². The normalized spacial score (nSPS) is 12.7. The van der Waals surface area contributed by atoms with Crippen molar-refractivity contribution in [3.8, 4) is 0 Å². The van der Waals surface area contributed by atoms with E-state index in [1.807, 2.05) is 0 Å². The molecule has 1 N–H and O–H groups in total. The topological polar surface area (TPSA) is 74.7 Å². The Morgan fingerprint density at radius 3 is 2.42 bits per heavy atom. The first kappa shape index (κ1) is 15.8. The summed E-state index contributed by atoms with van der Waals surface area (Å²) in [5, 5.41) is 9.26. The summed E-state index contributed by atoms with van der Waals surface area (Å²) in [6.45, 7) is 4.33. The predicted molar refractivity (Wildman–Crippen MR) is 72.6 cm³/mol. The van der Waals surface area contributed by atoms with Gasteiger partial charge in [0.15, 0.2) is 5.78 Å². The number of ketones is 1. The van der Waals surface area contributed by atoms with Crippen molar-refractivity contribution < 1.29 is 18.3 Å². The number of nitrogens with zero attached hydrogens (tertiary/aromatic N) is 1. The summed E-state index contributed by atoms with van der Waals surface area (Å²) in [6, 6.07) is 5.88. The first-order valence-corrected chi connectivity index (χ1v) is 7.28. The van der Waals surface area contributed by atoms with Crippen LogP contribution in [0.25, 0.3) is 0 Å². The third kappa shape index (κ3) is 3.20. The molecule has 0 unspecified atom stereocenters. The van der Waals surface area contributed by atoms with Crippen LogP contribution in [-0.2, 0) is 10.0 Å². The molecule has 0 fully saturated rings. The minimum Gasteiger partial charge on any atom is -0.394 e. The molecule has 0 bridgehead atoms. The van der Waals surface area contributed by atoms with E-state index in [-0.39, 0.29) is 17.3 Å². The summed E-state index contributed by atoms with van der Waals surface area (Å²) in [4.78, 5) is 11.3. The van der Waals surface area contributed by atoms with Crippen LogP contribution in [0, 0.1) is 0 Å². The van der Waals surface area contributed by atoms with Gasteiger partial charge in [0.25, 0.3) is 0 Å². The number of rotatable bonds is 5. The molecule has 0 saturated heterocycles. The molecule has 1 aromatic carbocycles. The second kappa shape index (κ2) is 5.40. The molecule has 0 heterocycles. The first-order valence-electron chi connectivity index (χ1n) is 5.84. The fraction of sp³-hybridized carbons (Fsp3) is 0.462. The van der Waals surface area contributed by atoms with Crippen molar-refractivity contribution >= 4 is 15.8 Å². The molecule has 0 amide bonds. The van der Waals surface area contributed by atoms with Crippen LogP contribution in [0.2, 0.25) is 0 Å².